The van der Waals surface area contributed by atoms with Gasteiger partial charge in [-0.15, -0.1) is 0 Å². The predicted molar refractivity (Wildman–Crippen MR) is 66.1 cm³/mol. The molecule has 0 radical (unpaired) electrons. The van der Waals surface area contributed by atoms with E-state index < -0.39 is 0 Å². The molecule has 2 aromatic heterocycles. The third-order valence-corrected chi connectivity index (χ3v) is 3.24. The van der Waals surface area contributed by atoms with Crippen molar-refractivity contribution in [3.8, 4) is 0 Å². The molecular formula is C12H13BrN2O. The molecule has 2 rings (SSSR count). The van der Waals surface area contributed by atoms with Gasteiger partial charge in [0.1, 0.15) is 5.76 Å². The van der Waals surface area contributed by atoms with Gasteiger partial charge in [-0.05, 0) is 45.6 Å². The molecule has 1 unspecified atom stereocenters. The van der Waals surface area contributed by atoms with E-state index in [2.05, 4.69) is 27.8 Å². The Morgan fingerprint density at radius 2 is 2.31 bits per heavy atom. The van der Waals surface area contributed by atoms with Crippen molar-refractivity contribution in [1.82, 2.24) is 4.98 Å². The number of hydrogen-bond acceptors (Lipinski definition) is 3. The fourth-order valence-electron chi connectivity index (χ4n) is 1.71. The molecule has 0 amide bonds. The molecular weight excluding hydrogens is 268 g/mol. The molecule has 0 saturated carbocycles. The summed E-state index contributed by atoms with van der Waals surface area (Å²) in [5, 5.41) is 0. The zero-order valence-corrected chi connectivity index (χ0v) is 10.6. The van der Waals surface area contributed by atoms with Gasteiger partial charge in [0.05, 0.1) is 16.8 Å². The van der Waals surface area contributed by atoms with Crippen LogP contribution in [0.1, 0.15) is 29.9 Å². The van der Waals surface area contributed by atoms with Crippen molar-refractivity contribution < 1.29 is 4.42 Å². The van der Waals surface area contributed by atoms with Crippen LogP contribution in [0.5, 0.6) is 0 Å². The van der Waals surface area contributed by atoms with Crippen LogP contribution >= 0.6 is 15.9 Å². The number of nitrogens with zero attached hydrogens (tertiary/aromatic N) is 1. The zero-order chi connectivity index (χ0) is 11.5. The second-order valence-electron chi connectivity index (χ2n) is 3.54. The van der Waals surface area contributed by atoms with Crippen molar-refractivity contribution in [2.45, 2.75) is 19.4 Å². The van der Waals surface area contributed by atoms with E-state index in [-0.39, 0.29) is 6.04 Å². The average Bonchev–Trinajstić information content (AvgIpc) is 2.74. The van der Waals surface area contributed by atoms with E-state index in [1.165, 1.54) is 0 Å². The highest BCUT2D eigenvalue weighted by Gasteiger charge is 2.17. The number of aryl methyl sites for hydroxylation is 1. The van der Waals surface area contributed by atoms with Crippen LogP contribution in [0.15, 0.2) is 39.7 Å². The molecule has 2 aromatic rings. The summed E-state index contributed by atoms with van der Waals surface area (Å²) in [5.41, 5.74) is 8.40. The first-order valence-corrected chi connectivity index (χ1v) is 5.94. The second kappa shape index (κ2) is 4.80. The van der Waals surface area contributed by atoms with Crippen molar-refractivity contribution >= 4 is 15.9 Å². The molecule has 4 heteroatoms. The number of rotatable bonds is 3. The quantitative estimate of drug-likeness (QED) is 0.940. The number of pyridine rings is 1. The minimum absolute atomic E-state index is 0.248. The van der Waals surface area contributed by atoms with E-state index in [1.54, 1.807) is 12.5 Å². The summed E-state index contributed by atoms with van der Waals surface area (Å²) >= 11 is 3.42. The van der Waals surface area contributed by atoms with Gasteiger partial charge in [0, 0.05) is 12.4 Å². The minimum atomic E-state index is -0.248. The Morgan fingerprint density at radius 3 is 2.94 bits per heavy atom. The number of furan rings is 1. The van der Waals surface area contributed by atoms with Gasteiger partial charge in [0.15, 0.2) is 0 Å². The largest absolute Gasteiger partial charge is 0.466 e. The van der Waals surface area contributed by atoms with Crippen LogP contribution in [0.3, 0.4) is 0 Å². The van der Waals surface area contributed by atoms with Crippen molar-refractivity contribution in [2.75, 3.05) is 0 Å². The first kappa shape index (κ1) is 11.4. The number of aromatic nitrogens is 1. The molecule has 16 heavy (non-hydrogen) atoms. The Balaban J connectivity index is 2.41. The summed E-state index contributed by atoms with van der Waals surface area (Å²) in [4.78, 5) is 4.10. The van der Waals surface area contributed by atoms with E-state index in [1.807, 2.05) is 18.3 Å². The van der Waals surface area contributed by atoms with Gasteiger partial charge in [-0.25, -0.2) is 0 Å². The Morgan fingerprint density at radius 1 is 1.50 bits per heavy atom. The summed E-state index contributed by atoms with van der Waals surface area (Å²) in [5.74, 6) is 0.751. The van der Waals surface area contributed by atoms with Crippen LogP contribution in [0.25, 0.3) is 0 Å². The normalized spacial score (nSPS) is 12.7. The highest BCUT2D eigenvalue weighted by Crippen LogP contribution is 2.29. The highest BCUT2D eigenvalue weighted by atomic mass is 79.9. The fourth-order valence-corrected chi connectivity index (χ4v) is 2.15. The molecule has 0 fully saturated rings. The number of halogens is 1. The molecule has 0 bridgehead atoms. The maximum absolute atomic E-state index is 6.19. The van der Waals surface area contributed by atoms with Crippen molar-refractivity contribution in [1.29, 1.82) is 0 Å². The van der Waals surface area contributed by atoms with Gasteiger partial charge in [-0.1, -0.05) is 6.92 Å². The maximum atomic E-state index is 6.19. The first-order chi connectivity index (χ1) is 7.74. The molecule has 0 aromatic carbocycles. The fraction of sp³-hybridized carbons (Fsp3) is 0.250. The number of nitrogens with two attached hydrogens (primary N) is 1. The predicted octanol–water partition coefficient (Wildman–Crippen LogP) is 3.05. The molecule has 0 saturated heterocycles. The van der Waals surface area contributed by atoms with Crippen LogP contribution in [0.2, 0.25) is 0 Å². The first-order valence-electron chi connectivity index (χ1n) is 5.15. The van der Waals surface area contributed by atoms with Crippen LogP contribution in [0, 0.1) is 0 Å². The van der Waals surface area contributed by atoms with Crippen LogP contribution < -0.4 is 5.73 Å². The van der Waals surface area contributed by atoms with Crippen molar-refractivity contribution in [2.24, 2.45) is 5.73 Å². The maximum Gasteiger partial charge on any atom is 0.139 e. The van der Waals surface area contributed by atoms with E-state index in [4.69, 9.17) is 10.2 Å². The van der Waals surface area contributed by atoms with Crippen molar-refractivity contribution in [3.63, 3.8) is 0 Å². The Hall–Kier alpha value is -1.13. The molecule has 84 valence electrons. The minimum Gasteiger partial charge on any atom is -0.466 e. The molecule has 0 spiro atoms. The summed E-state index contributed by atoms with van der Waals surface area (Å²) in [6.45, 7) is 2.09. The lowest BCUT2D eigenvalue weighted by Crippen LogP contribution is -2.13. The van der Waals surface area contributed by atoms with Gasteiger partial charge < -0.3 is 10.2 Å². The van der Waals surface area contributed by atoms with Crippen LogP contribution in [-0.2, 0) is 6.42 Å². The summed E-state index contributed by atoms with van der Waals surface area (Å²) in [6, 6.07) is 3.54. The molecule has 0 aliphatic carbocycles. The topological polar surface area (TPSA) is 52.0 Å². The van der Waals surface area contributed by atoms with E-state index in [0.29, 0.717) is 0 Å². The van der Waals surface area contributed by atoms with Crippen LogP contribution in [-0.4, -0.2) is 4.98 Å². The smallest absolute Gasteiger partial charge is 0.139 e. The highest BCUT2D eigenvalue weighted by molar-refractivity contribution is 9.10. The van der Waals surface area contributed by atoms with Crippen molar-refractivity contribution in [3.05, 3.63) is 52.1 Å². The second-order valence-corrected chi connectivity index (χ2v) is 4.39. The van der Waals surface area contributed by atoms with Gasteiger partial charge in [0.2, 0.25) is 0 Å². The summed E-state index contributed by atoms with van der Waals surface area (Å²) < 4.78 is 6.29. The SMILES string of the molecule is CCc1cnccc1C(N)c1occc1Br. The van der Waals surface area contributed by atoms with E-state index in [0.717, 1.165) is 27.8 Å². The number of hydrogen-bond donors (Lipinski definition) is 1. The van der Waals surface area contributed by atoms with E-state index in [9.17, 15) is 0 Å². The Labute approximate surface area is 103 Å². The Bertz CT molecular complexity index is 481. The lowest BCUT2D eigenvalue weighted by molar-refractivity contribution is 0.486. The summed E-state index contributed by atoms with van der Waals surface area (Å²) in [6.07, 6.45) is 6.15. The molecule has 2 N–H and O–H groups in total. The van der Waals surface area contributed by atoms with Gasteiger partial charge >= 0.3 is 0 Å². The molecule has 2 heterocycles. The average molecular weight is 281 g/mol. The Kier molecular flexibility index (Phi) is 3.41. The molecule has 3 nitrogen and oxygen atoms in total. The van der Waals surface area contributed by atoms with Gasteiger partial charge in [-0.2, -0.15) is 0 Å². The molecule has 1 atom stereocenters. The van der Waals surface area contributed by atoms with Gasteiger partial charge in [0.25, 0.3) is 0 Å². The monoisotopic (exact) mass is 280 g/mol. The third kappa shape index (κ3) is 2.03. The standard InChI is InChI=1S/C12H13BrN2O/c1-2-8-7-15-5-3-9(8)11(14)12-10(13)4-6-16-12/h3-7,11H,2,14H2,1H3. The molecule has 0 aliphatic rings. The summed E-state index contributed by atoms with van der Waals surface area (Å²) in [7, 11) is 0. The third-order valence-electron chi connectivity index (χ3n) is 2.58. The van der Waals surface area contributed by atoms with Crippen LogP contribution in [0.4, 0.5) is 0 Å². The zero-order valence-electron chi connectivity index (χ0n) is 8.98. The van der Waals surface area contributed by atoms with Gasteiger partial charge in [-0.3, -0.25) is 4.98 Å². The van der Waals surface area contributed by atoms with E-state index >= 15 is 0 Å². The lowest BCUT2D eigenvalue weighted by atomic mass is 10.00. The molecule has 0 aliphatic heterocycles. The lowest BCUT2D eigenvalue weighted by Gasteiger charge is -2.13.